The standard InChI is InChI=1S/C24H34N2O4S/c1-16(24-12-17-9-18(13-24)11-19(10-17)14-24)26-23(27)20-4-6-22(7-5-20)31(28,29)25-15-21-3-2-8-30-21/h4-7,16-19,21,25H,2-3,8-15H2,1H3,(H,26,27)/t16-,17?,18?,19?,21+,24?/m1/s1. The zero-order valence-electron chi connectivity index (χ0n) is 18.3. The van der Waals surface area contributed by atoms with E-state index in [0.717, 1.165) is 30.6 Å². The lowest BCUT2D eigenvalue weighted by Gasteiger charge is -2.59. The van der Waals surface area contributed by atoms with Crippen molar-refractivity contribution in [3.8, 4) is 0 Å². The minimum absolute atomic E-state index is 0.0501. The van der Waals surface area contributed by atoms with E-state index in [1.165, 1.54) is 50.7 Å². The summed E-state index contributed by atoms with van der Waals surface area (Å²) in [7, 11) is -3.61. The molecule has 6 nitrogen and oxygen atoms in total. The fraction of sp³-hybridized carbons (Fsp3) is 0.708. The zero-order chi connectivity index (χ0) is 21.6. The van der Waals surface area contributed by atoms with Crippen molar-refractivity contribution in [1.82, 2.24) is 10.0 Å². The number of amides is 1. The lowest BCUT2D eigenvalue weighted by atomic mass is 9.48. The number of hydrogen-bond acceptors (Lipinski definition) is 4. The Morgan fingerprint density at radius 1 is 1.10 bits per heavy atom. The largest absolute Gasteiger partial charge is 0.377 e. The highest BCUT2D eigenvalue weighted by Gasteiger charge is 2.53. The van der Waals surface area contributed by atoms with Gasteiger partial charge in [0.05, 0.1) is 11.0 Å². The maximum Gasteiger partial charge on any atom is 0.251 e. The number of ether oxygens (including phenoxy) is 1. The van der Waals surface area contributed by atoms with Gasteiger partial charge >= 0.3 is 0 Å². The molecule has 31 heavy (non-hydrogen) atoms. The normalized spacial score (nSPS) is 35.3. The molecule has 0 unspecified atom stereocenters. The number of nitrogens with one attached hydrogen (secondary N) is 2. The lowest BCUT2D eigenvalue weighted by molar-refractivity contribution is -0.0688. The Morgan fingerprint density at radius 2 is 1.71 bits per heavy atom. The highest BCUT2D eigenvalue weighted by Crippen LogP contribution is 2.61. The van der Waals surface area contributed by atoms with Gasteiger partial charge in [0.15, 0.2) is 0 Å². The molecule has 4 aliphatic carbocycles. The van der Waals surface area contributed by atoms with Crippen molar-refractivity contribution in [2.75, 3.05) is 13.2 Å². The third-order valence-corrected chi connectivity index (χ3v) is 9.74. The van der Waals surface area contributed by atoms with E-state index in [-0.39, 0.29) is 34.9 Å². The lowest BCUT2D eigenvalue weighted by Crippen LogP contribution is -2.55. The van der Waals surface area contributed by atoms with Crippen LogP contribution in [0.1, 0.15) is 68.6 Å². The first-order valence-electron chi connectivity index (χ1n) is 11.9. The van der Waals surface area contributed by atoms with Crippen molar-refractivity contribution in [3.05, 3.63) is 29.8 Å². The summed E-state index contributed by atoms with van der Waals surface area (Å²) in [5.74, 6) is 2.42. The predicted octanol–water partition coefficient (Wildman–Crippen LogP) is 3.48. The Hall–Kier alpha value is -1.44. The van der Waals surface area contributed by atoms with Crippen LogP contribution in [0.4, 0.5) is 0 Å². The summed E-state index contributed by atoms with van der Waals surface area (Å²) in [4.78, 5) is 13.1. The van der Waals surface area contributed by atoms with Gasteiger partial charge in [0.25, 0.3) is 5.91 Å². The predicted molar refractivity (Wildman–Crippen MR) is 118 cm³/mol. The molecule has 0 aromatic heterocycles. The summed E-state index contributed by atoms with van der Waals surface area (Å²) < 4.78 is 33.2. The van der Waals surface area contributed by atoms with Gasteiger partial charge in [0.2, 0.25) is 10.0 Å². The molecular weight excluding hydrogens is 412 g/mol. The second-order valence-electron chi connectivity index (χ2n) is 10.5. The maximum absolute atomic E-state index is 12.9. The van der Waals surface area contributed by atoms with Crippen LogP contribution in [-0.4, -0.2) is 39.6 Å². The molecule has 7 heteroatoms. The van der Waals surface area contributed by atoms with Crippen LogP contribution in [0, 0.1) is 23.2 Å². The molecule has 1 aliphatic heterocycles. The van der Waals surface area contributed by atoms with E-state index in [0.29, 0.717) is 12.2 Å². The molecular formula is C24H34N2O4S. The Labute approximate surface area is 185 Å². The minimum atomic E-state index is -3.61. The van der Waals surface area contributed by atoms with Gasteiger partial charge in [-0.1, -0.05) is 0 Å². The number of rotatable bonds is 7. The summed E-state index contributed by atoms with van der Waals surface area (Å²) in [6, 6.07) is 6.40. The van der Waals surface area contributed by atoms with Gasteiger partial charge in [0.1, 0.15) is 0 Å². The molecule has 2 atom stereocenters. The average molecular weight is 447 g/mol. The number of benzene rings is 1. The van der Waals surface area contributed by atoms with Gasteiger partial charge in [-0.3, -0.25) is 4.79 Å². The van der Waals surface area contributed by atoms with Crippen LogP contribution in [0.5, 0.6) is 0 Å². The molecule has 5 aliphatic rings. The van der Waals surface area contributed by atoms with Crippen molar-refractivity contribution in [3.63, 3.8) is 0 Å². The summed E-state index contributed by atoms with van der Waals surface area (Å²) in [6.07, 6.45) is 9.69. The first-order chi connectivity index (χ1) is 14.8. The zero-order valence-corrected chi connectivity index (χ0v) is 19.1. The summed E-state index contributed by atoms with van der Waals surface area (Å²) in [5, 5.41) is 3.25. The molecule has 1 amide bonds. The van der Waals surface area contributed by atoms with Crippen molar-refractivity contribution in [1.29, 1.82) is 0 Å². The molecule has 5 fully saturated rings. The highest BCUT2D eigenvalue weighted by atomic mass is 32.2. The fourth-order valence-electron chi connectivity index (χ4n) is 7.02. The molecule has 1 saturated heterocycles. The van der Waals surface area contributed by atoms with Gasteiger partial charge in [-0.15, -0.1) is 0 Å². The van der Waals surface area contributed by atoms with Crippen LogP contribution in [0.3, 0.4) is 0 Å². The molecule has 4 saturated carbocycles. The molecule has 1 aromatic rings. The fourth-order valence-corrected chi connectivity index (χ4v) is 8.08. The third kappa shape index (κ3) is 4.29. The van der Waals surface area contributed by atoms with Gasteiger partial charge in [-0.05, 0) is 106 Å². The van der Waals surface area contributed by atoms with Gasteiger partial charge in [0, 0.05) is 24.8 Å². The molecule has 2 N–H and O–H groups in total. The number of carbonyl (C=O) groups is 1. The van der Waals surface area contributed by atoms with Crippen LogP contribution in [0.25, 0.3) is 0 Å². The van der Waals surface area contributed by atoms with E-state index in [2.05, 4.69) is 17.0 Å². The van der Waals surface area contributed by atoms with Crippen LogP contribution >= 0.6 is 0 Å². The molecule has 0 spiro atoms. The van der Waals surface area contributed by atoms with Crippen molar-refractivity contribution in [2.45, 2.75) is 75.3 Å². The molecule has 0 radical (unpaired) electrons. The number of sulfonamides is 1. The second-order valence-corrected chi connectivity index (χ2v) is 12.3. The molecule has 1 aromatic carbocycles. The van der Waals surface area contributed by atoms with Crippen LogP contribution < -0.4 is 10.0 Å². The smallest absolute Gasteiger partial charge is 0.251 e. The first-order valence-corrected chi connectivity index (χ1v) is 13.3. The SMILES string of the molecule is C[C@@H](NC(=O)c1ccc(S(=O)(=O)NC[C@@H]2CCCO2)cc1)C12CC3CC(CC(C3)C1)C2. The van der Waals surface area contributed by atoms with E-state index in [9.17, 15) is 13.2 Å². The van der Waals surface area contributed by atoms with Gasteiger partial charge in [-0.25, -0.2) is 13.1 Å². The second kappa shape index (κ2) is 8.16. The molecule has 170 valence electrons. The Morgan fingerprint density at radius 3 is 2.26 bits per heavy atom. The number of hydrogen-bond donors (Lipinski definition) is 2. The van der Waals surface area contributed by atoms with E-state index in [1.54, 1.807) is 12.1 Å². The maximum atomic E-state index is 12.9. The van der Waals surface area contributed by atoms with Gasteiger partial charge < -0.3 is 10.1 Å². The topological polar surface area (TPSA) is 84.5 Å². The van der Waals surface area contributed by atoms with Crippen molar-refractivity contribution < 1.29 is 17.9 Å². The quantitative estimate of drug-likeness (QED) is 0.672. The van der Waals surface area contributed by atoms with Crippen LogP contribution in [0.2, 0.25) is 0 Å². The number of carbonyl (C=O) groups excluding carboxylic acids is 1. The molecule has 1 heterocycles. The highest BCUT2D eigenvalue weighted by molar-refractivity contribution is 7.89. The Kier molecular flexibility index (Phi) is 5.64. The van der Waals surface area contributed by atoms with Crippen LogP contribution in [0.15, 0.2) is 29.2 Å². The van der Waals surface area contributed by atoms with E-state index in [4.69, 9.17) is 4.74 Å². The Balaban J connectivity index is 1.21. The monoisotopic (exact) mass is 446 g/mol. The average Bonchev–Trinajstić information content (AvgIpc) is 3.25. The minimum Gasteiger partial charge on any atom is -0.377 e. The van der Waals surface area contributed by atoms with Gasteiger partial charge in [-0.2, -0.15) is 0 Å². The summed E-state index contributed by atoms with van der Waals surface area (Å²) in [5.41, 5.74) is 0.759. The molecule has 4 bridgehead atoms. The summed E-state index contributed by atoms with van der Waals surface area (Å²) >= 11 is 0. The van der Waals surface area contributed by atoms with Crippen molar-refractivity contribution in [2.24, 2.45) is 23.2 Å². The Bertz CT molecular complexity index is 886. The van der Waals surface area contributed by atoms with E-state index >= 15 is 0 Å². The first kappa shape index (κ1) is 21.4. The third-order valence-electron chi connectivity index (χ3n) is 8.30. The van der Waals surface area contributed by atoms with Crippen molar-refractivity contribution >= 4 is 15.9 Å². The van der Waals surface area contributed by atoms with Crippen LogP contribution in [-0.2, 0) is 14.8 Å². The van der Waals surface area contributed by atoms with E-state index in [1.807, 2.05) is 0 Å². The molecule has 6 rings (SSSR count). The summed E-state index contributed by atoms with van der Waals surface area (Å²) in [6.45, 7) is 3.14. The van der Waals surface area contributed by atoms with E-state index < -0.39 is 10.0 Å².